The predicted molar refractivity (Wildman–Crippen MR) is 64.3 cm³/mol. The van der Waals surface area contributed by atoms with Gasteiger partial charge < -0.3 is 0 Å². The van der Waals surface area contributed by atoms with Crippen LogP contribution in [0.3, 0.4) is 0 Å². The van der Waals surface area contributed by atoms with E-state index in [2.05, 4.69) is 35.7 Å². The van der Waals surface area contributed by atoms with Crippen molar-refractivity contribution < 1.29 is 4.79 Å². The van der Waals surface area contributed by atoms with Crippen LogP contribution in [0.25, 0.3) is 0 Å². The average Bonchev–Trinajstić information content (AvgIpc) is 2.21. The van der Waals surface area contributed by atoms with Gasteiger partial charge in [-0.25, -0.2) is 9.97 Å². The molecule has 0 unspecified atom stereocenters. The number of nitrogens with zero attached hydrogens (tertiary/aromatic N) is 2. The van der Waals surface area contributed by atoms with Crippen molar-refractivity contribution in [1.29, 1.82) is 0 Å². The van der Waals surface area contributed by atoms with Gasteiger partial charge >= 0.3 is 0 Å². The smallest absolute Gasteiger partial charge is 0.230 e. The summed E-state index contributed by atoms with van der Waals surface area (Å²) in [5, 5.41) is 2.63. The molecular formula is C12H17N3O. The highest BCUT2D eigenvalue weighted by Crippen LogP contribution is 2.16. The maximum absolute atomic E-state index is 11.3. The summed E-state index contributed by atoms with van der Waals surface area (Å²) in [6.45, 7) is 9.58. The molecule has 16 heavy (non-hydrogen) atoms. The minimum Gasteiger partial charge on any atom is -0.294 e. The number of rotatable bonds is 4. The van der Waals surface area contributed by atoms with Crippen LogP contribution < -0.4 is 5.32 Å². The van der Waals surface area contributed by atoms with E-state index in [-0.39, 0.29) is 12.3 Å². The van der Waals surface area contributed by atoms with Gasteiger partial charge in [-0.1, -0.05) is 19.9 Å². The lowest BCUT2D eigenvalue weighted by molar-refractivity contribution is -0.115. The molecule has 1 aromatic heterocycles. The highest BCUT2D eigenvalue weighted by atomic mass is 16.1. The number of carbonyl (C=O) groups excluding carboxylic acids is 1. The largest absolute Gasteiger partial charge is 0.294 e. The molecule has 4 nitrogen and oxygen atoms in total. The molecule has 0 saturated carbocycles. The van der Waals surface area contributed by atoms with Crippen LogP contribution in [0.1, 0.15) is 37.4 Å². The first-order chi connectivity index (χ1) is 7.54. The van der Waals surface area contributed by atoms with Gasteiger partial charge in [-0.15, -0.1) is 6.58 Å². The number of hydrogen-bond acceptors (Lipinski definition) is 3. The van der Waals surface area contributed by atoms with Crippen LogP contribution in [0.5, 0.6) is 0 Å². The van der Waals surface area contributed by atoms with Crippen molar-refractivity contribution in [1.82, 2.24) is 9.97 Å². The van der Waals surface area contributed by atoms with Crippen LogP contribution in [0, 0.1) is 6.92 Å². The van der Waals surface area contributed by atoms with Crippen molar-refractivity contribution in [2.45, 2.75) is 33.1 Å². The standard InChI is InChI=1S/C12H17N3O/c1-5-6-10(16)14-12-13-7-9(4)11(15-12)8(2)3/h5,7-8H,1,6H2,2-4H3,(H,13,14,15,16). The lowest BCUT2D eigenvalue weighted by Crippen LogP contribution is -2.14. The molecule has 1 aromatic rings. The maximum Gasteiger partial charge on any atom is 0.230 e. The second kappa shape index (κ2) is 5.39. The van der Waals surface area contributed by atoms with Crippen molar-refractivity contribution >= 4 is 11.9 Å². The maximum atomic E-state index is 11.3. The van der Waals surface area contributed by atoms with E-state index in [1.807, 2.05) is 6.92 Å². The Hall–Kier alpha value is -1.71. The van der Waals surface area contributed by atoms with Crippen LogP contribution in [-0.4, -0.2) is 15.9 Å². The first kappa shape index (κ1) is 12.4. The van der Waals surface area contributed by atoms with Crippen molar-refractivity contribution in [3.8, 4) is 0 Å². The van der Waals surface area contributed by atoms with Crippen molar-refractivity contribution in [3.63, 3.8) is 0 Å². The number of aryl methyl sites for hydroxylation is 1. The monoisotopic (exact) mass is 219 g/mol. The number of anilines is 1. The van der Waals surface area contributed by atoms with Crippen LogP contribution in [-0.2, 0) is 4.79 Å². The highest BCUT2D eigenvalue weighted by molar-refractivity contribution is 5.89. The zero-order valence-electron chi connectivity index (χ0n) is 9.95. The van der Waals surface area contributed by atoms with Gasteiger partial charge in [0, 0.05) is 12.6 Å². The van der Waals surface area contributed by atoms with Gasteiger partial charge in [0.05, 0.1) is 5.69 Å². The topological polar surface area (TPSA) is 54.9 Å². The second-order valence-corrected chi connectivity index (χ2v) is 3.96. The minimum atomic E-state index is -0.145. The molecule has 0 saturated heterocycles. The molecule has 1 rings (SSSR count). The summed E-state index contributed by atoms with van der Waals surface area (Å²) < 4.78 is 0. The Labute approximate surface area is 95.8 Å². The number of hydrogen-bond donors (Lipinski definition) is 1. The van der Waals surface area contributed by atoms with E-state index in [9.17, 15) is 4.79 Å². The van der Waals surface area contributed by atoms with E-state index in [4.69, 9.17) is 0 Å². The molecule has 0 aliphatic heterocycles. The number of nitrogens with one attached hydrogen (secondary N) is 1. The third-order valence-electron chi connectivity index (χ3n) is 2.14. The molecule has 0 bridgehead atoms. The summed E-state index contributed by atoms with van der Waals surface area (Å²) >= 11 is 0. The molecule has 1 amide bonds. The molecule has 0 spiro atoms. The zero-order chi connectivity index (χ0) is 12.1. The van der Waals surface area contributed by atoms with Crippen LogP contribution in [0.15, 0.2) is 18.9 Å². The quantitative estimate of drug-likeness (QED) is 0.791. The molecule has 0 aliphatic rings. The Kier molecular flexibility index (Phi) is 4.17. The third kappa shape index (κ3) is 3.15. The molecule has 0 aliphatic carbocycles. The Morgan fingerprint density at radius 1 is 1.62 bits per heavy atom. The summed E-state index contributed by atoms with van der Waals surface area (Å²) in [6.07, 6.45) is 3.55. The SMILES string of the molecule is C=CCC(=O)Nc1ncc(C)c(C(C)C)n1. The molecule has 1 heterocycles. The third-order valence-corrected chi connectivity index (χ3v) is 2.14. The lowest BCUT2D eigenvalue weighted by atomic mass is 10.1. The van der Waals surface area contributed by atoms with Gasteiger partial charge in [0.15, 0.2) is 0 Å². The highest BCUT2D eigenvalue weighted by Gasteiger charge is 2.09. The normalized spacial score (nSPS) is 10.2. The summed E-state index contributed by atoms with van der Waals surface area (Å²) in [6, 6.07) is 0. The van der Waals surface area contributed by atoms with Gasteiger partial charge in [0.2, 0.25) is 11.9 Å². The molecule has 0 aromatic carbocycles. The van der Waals surface area contributed by atoms with E-state index in [1.54, 1.807) is 12.3 Å². The van der Waals surface area contributed by atoms with E-state index in [0.717, 1.165) is 11.3 Å². The van der Waals surface area contributed by atoms with Crippen LogP contribution in [0.2, 0.25) is 0 Å². The Balaban J connectivity index is 2.86. The van der Waals surface area contributed by atoms with Crippen molar-refractivity contribution in [2.75, 3.05) is 5.32 Å². The van der Waals surface area contributed by atoms with Gasteiger partial charge in [0.1, 0.15) is 0 Å². The van der Waals surface area contributed by atoms with Gasteiger partial charge in [0.25, 0.3) is 0 Å². The van der Waals surface area contributed by atoms with Crippen LogP contribution in [0.4, 0.5) is 5.95 Å². The fourth-order valence-electron chi connectivity index (χ4n) is 1.41. The fourth-order valence-corrected chi connectivity index (χ4v) is 1.41. The van der Waals surface area contributed by atoms with Gasteiger partial charge in [-0.05, 0) is 18.4 Å². The van der Waals surface area contributed by atoms with Gasteiger partial charge in [-0.3, -0.25) is 10.1 Å². The Bertz CT molecular complexity index is 399. The summed E-state index contributed by atoms with van der Waals surface area (Å²) in [5.41, 5.74) is 2.00. The Morgan fingerprint density at radius 3 is 2.88 bits per heavy atom. The lowest BCUT2D eigenvalue weighted by Gasteiger charge is -2.10. The first-order valence-electron chi connectivity index (χ1n) is 5.29. The number of carbonyl (C=O) groups is 1. The van der Waals surface area contributed by atoms with Gasteiger partial charge in [-0.2, -0.15) is 0 Å². The zero-order valence-corrected chi connectivity index (χ0v) is 9.95. The van der Waals surface area contributed by atoms with E-state index >= 15 is 0 Å². The van der Waals surface area contributed by atoms with E-state index < -0.39 is 0 Å². The summed E-state index contributed by atoms with van der Waals surface area (Å²) in [7, 11) is 0. The fraction of sp³-hybridized carbons (Fsp3) is 0.417. The van der Waals surface area contributed by atoms with E-state index in [1.165, 1.54) is 0 Å². The second-order valence-electron chi connectivity index (χ2n) is 3.96. The predicted octanol–water partition coefficient (Wildman–Crippen LogP) is 2.42. The van der Waals surface area contributed by atoms with Crippen LogP contribution >= 0.6 is 0 Å². The van der Waals surface area contributed by atoms with Crippen molar-refractivity contribution in [2.24, 2.45) is 0 Å². The van der Waals surface area contributed by atoms with Crippen molar-refractivity contribution in [3.05, 3.63) is 30.1 Å². The number of amides is 1. The molecule has 0 fully saturated rings. The molecular weight excluding hydrogens is 202 g/mol. The summed E-state index contributed by atoms with van der Waals surface area (Å²) in [5.74, 6) is 0.535. The average molecular weight is 219 g/mol. The molecule has 4 heteroatoms. The first-order valence-corrected chi connectivity index (χ1v) is 5.29. The molecule has 0 atom stereocenters. The number of aromatic nitrogens is 2. The summed E-state index contributed by atoms with van der Waals surface area (Å²) in [4.78, 5) is 19.7. The molecule has 1 N–H and O–H groups in total. The molecule has 86 valence electrons. The Morgan fingerprint density at radius 2 is 2.31 bits per heavy atom. The minimum absolute atomic E-state index is 0.145. The molecule has 0 radical (unpaired) electrons. The van der Waals surface area contributed by atoms with E-state index in [0.29, 0.717) is 11.9 Å².